The van der Waals surface area contributed by atoms with Gasteiger partial charge < -0.3 is 5.73 Å². The molecule has 0 aromatic heterocycles. The molecule has 0 rings (SSSR count). The van der Waals surface area contributed by atoms with E-state index in [0.717, 1.165) is 13.8 Å². The van der Waals surface area contributed by atoms with E-state index in [9.17, 15) is 17.6 Å². The molecule has 0 amide bonds. The third-order valence-corrected chi connectivity index (χ3v) is 1.33. The van der Waals surface area contributed by atoms with Gasteiger partial charge in [0.15, 0.2) is 0 Å². The normalized spacial score (nSPS) is 16.6. The molecule has 11 heavy (non-hydrogen) atoms. The third-order valence-electron chi connectivity index (χ3n) is 1.33. The van der Waals surface area contributed by atoms with Crippen LogP contribution in [0.2, 0.25) is 0 Å². The molecule has 0 heterocycles. The van der Waals surface area contributed by atoms with Gasteiger partial charge in [0.1, 0.15) is 5.67 Å². The molecule has 0 saturated carbocycles. The highest BCUT2D eigenvalue weighted by molar-refractivity contribution is 4.82. The van der Waals surface area contributed by atoms with Crippen LogP contribution in [0.4, 0.5) is 17.6 Å². The van der Waals surface area contributed by atoms with E-state index in [2.05, 4.69) is 0 Å². The Kier molecular flexibility index (Phi) is 2.88. The largest absolute Gasteiger partial charge is 0.390 e. The first-order chi connectivity index (χ1) is 4.63. The summed E-state index contributed by atoms with van der Waals surface area (Å²) in [6, 6.07) is -1.48. The van der Waals surface area contributed by atoms with E-state index >= 15 is 0 Å². The van der Waals surface area contributed by atoms with E-state index in [1.165, 1.54) is 0 Å². The summed E-state index contributed by atoms with van der Waals surface area (Å²) in [6.45, 7) is 2.06. The number of alkyl halides is 4. The molecule has 0 bridgehead atoms. The fraction of sp³-hybridized carbons (Fsp3) is 1.00. The molecule has 0 radical (unpaired) electrons. The van der Waals surface area contributed by atoms with Crippen LogP contribution in [0.25, 0.3) is 0 Å². The number of rotatable bonds is 2. The zero-order valence-corrected chi connectivity index (χ0v) is 6.37. The Morgan fingerprint density at radius 2 is 1.55 bits per heavy atom. The van der Waals surface area contributed by atoms with E-state index in [4.69, 9.17) is 5.73 Å². The van der Waals surface area contributed by atoms with Crippen molar-refractivity contribution >= 4 is 0 Å². The average molecular weight is 173 g/mol. The van der Waals surface area contributed by atoms with E-state index < -0.39 is 24.3 Å². The first kappa shape index (κ1) is 10.7. The highest BCUT2D eigenvalue weighted by atomic mass is 19.4. The summed E-state index contributed by atoms with van der Waals surface area (Å²) >= 11 is 0. The van der Waals surface area contributed by atoms with Crippen LogP contribution >= 0.6 is 0 Å². The molecule has 1 unspecified atom stereocenters. The highest BCUT2D eigenvalue weighted by Gasteiger charge is 2.37. The van der Waals surface area contributed by atoms with Gasteiger partial charge in [-0.15, -0.1) is 0 Å². The van der Waals surface area contributed by atoms with E-state index in [0.29, 0.717) is 0 Å². The van der Waals surface area contributed by atoms with Gasteiger partial charge in [0.05, 0.1) is 6.42 Å². The Balaban J connectivity index is 3.99. The predicted molar refractivity (Wildman–Crippen MR) is 33.8 cm³/mol. The SMILES string of the molecule is CC(C)(F)C(N)CC(F)(F)F. The fourth-order valence-electron chi connectivity index (χ4n) is 0.492. The van der Waals surface area contributed by atoms with Gasteiger partial charge in [0.2, 0.25) is 0 Å². The van der Waals surface area contributed by atoms with Crippen molar-refractivity contribution in [3.63, 3.8) is 0 Å². The van der Waals surface area contributed by atoms with Crippen molar-refractivity contribution in [2.75, 3.05) is 0 Å². The van der Waals surface area contributed by atoms with Crippen molar-refractivity contribution in [3.05, 3.63) is 0 Å². The second-order valence-corrected chi connectivity index (χ2v) is 2.99. The maximum Gasteiger partial charge on any atom is 0.390 e. The zero-order valence-electron chi connectivity index (χ0n) is 6.37. The van der Waals surface area contributed by atoms with Crippen molar-refractivity contribution in [1.82, 2.24) is 0 Å². The van der Waals surface area contributed by atoms with Crippen molar-refractivity contribution in [3.8, 4) is 0 Å². The molecule has 0 aromatic rings. The quantitative estimate of drug-likeness (QED) is 0.635. The summed E-state index contributed by atoms with van der Waals surface area (Å²) in [5.74, 6) is 0. The second kappa shape index (κ2) is 2.97. The predicted octanol–water partition coefficient (Wildman–Crippen LogP) is 2.01. The smallest absolute Gasteiger partial charge is 0.325 e. The lowest BCUT2D eigenvalue weighted by Gasteiger charge is -2.23. The standard InChI is InChI=1S/C6H11F4N/c1-5(2,7)4(11)3-6(8,9)10/h4H,3,11H2,1-2H3. The van der Waals surface area contributed by atoms with Crippen molar-refractivity contribution in [2.24, 2.45) is 5.73 Å². The lowest BCUT2D eigenvalue weighted by atomic mass is 9.99. The van der Waals surface area contributed by atoms with Crippen LogP contribution in [-0.2, 0) is 0 Å². The Hall–Kier alpha value is -0.320. The summed E-state index contributed by atoms with van der Waals surface area (Å²) in [4.78, 5) is 0. The van der Waals surface area contributed by atoms with Gasteiger partial charge >= 0.3 is 6.18 Å². The van der Waals surface area contributed by atoms with Gasteiger partial charge in [0.25, 0.3) is 0 Å². The Labute approximate surface area is 62.6 Å². The lowest BCUT2D eigenvalue weighted by molar-refractivity contribution is -0.144. The van der Waals surface area contributed by atoms with Gasteiger partial charge in [-0.05, 0) is 13.8 Å². The Morgan fingerprint density at radius 1 is 1.18 bits per heavy atom. The minimum absolute atomic E-state index is 1.03. The molecular formula is C6H11F4N. The van der Waals surface area contributed by atoms with Gasteiger partial charge in [-0.25, -0.2) is 4.39 Å². The van der Waals surface area contributed by atoms with Crippen molar-refractivity contribution in [2.45, 2.75) is 38.2 Å². The van der Waals surface area contributed by atoms with Gasteiger partial charge in [-0.1, -0.05) is 0 Å². The van der Waals surface area contributed by atoms with Crippen LogP contribution in [0.15, 0.2) is 0 Å². The summed E-state index contributed by atoms with van der Waals surface area (Å²) in [5.41, 5.74) is 2.97. The summed E-state index contributed by atoms with van der Waals surface area (Å²) in [6.07, 6.45) is -5.67. The number of nitrogens with two attached hydrogens (primary N) is 1. The van der Waals surface area contributed by atoms with E-state index in [1.54, 1.807) is 0 Å². The maximum atomic E-state index is 12.7. The average Bonchev–Trinajstić information content (AvgIpc) is 1.56. The molecule has 0 aliphatic heterocycles. The summed E-state index contributed by atoms with van der Waals surface area (Å²) in [7, 11) is 0. The first-order valence-electron chi connectivity index (χ1n) is 3.14. The van der Waals surface area contributed by atoms with Crippen LogP contribution in [0.3, 0.4) is 0 Å². The molecule has 1 atom stereocenters. The molecule has 2 N–H and O–H groups in total. The van der Waals surface area contributed by atoms with Gasteiger partial charge in [-0.3, -0.25) is 0 Å². The highest BCUT2D eigenvalue weighted by Crippen LogP contribution is 2.26. The Bertz CT molecular complexity index is 124. The molecule has 5 heteroatoms. The van der Waals surface area contributed by atoms with Crippen molar-refractivity contribution < 1.29 is 17.6 Å². The minimum Gasteiger partial charge on any atom is -0.325 e. The van der Waals surface area contributed by atoms with Crippen LogP contribution in [0, 0.1) is 0 Å². The molecule has 0 aliphatic rings. The number of halogens is 4. The first-order valence-corrected chi connectivity index (χ1v) is 3.14. The minimum atomic E-state index is -4.39. The molecule has 0 saturated heterocycles. The van der Waals surface area contributed by atoms with Gasteiger partial charge in [0, 0.05) is 6.04 Å². The Morgan fingerprint density at radius 3 is 1.64 bits per heavy atom. The van der Waals surface area contributed by atoms with E-state index in [-0.39, 0.29) is 0 Å². The molecule has 0 spiro atoms. The monoisotopic (exact) mass is 173 g/mol. The second-order valence-electron chi connectivity index (χ2n) is 2.99. The topological polar surface area (TPSA) is 26.0 Å². The lowest BCUT2D eigenvalue weighted by Crippen LogP contribution is -2.42. The van der Waals surface area contributed by atoms with Crippen LogP contribution in [-0.4, -0.2) is 17.9 Å². The molecule has 0 fully saturated rings. The number of hydrogen-bond donors (Lipinski definition) is 1. The van der Waals surface area contributed by atoms with Crippen LogP contribution < -0.4 is 5.73 Å². The molecule has 68 valence electrons. The summed E-state index contributed by atoms with van der Waals surface area (Å²) in [5, 5.41) is 0. The molecule has 0 aromatic carbocycles. The summed E-state index contributed by atoms with van der Waals surface area (Å²) < 4.78 is 47.5. The molecular weight excluding hydrogens is 162 g/mol. The third kappa shape index (κ3) is 5.01. The fourth-order valence-corrected chi connectivity index (χ4v) is 0.492. The molecule has 1 nitrogen and oxygen atoms in total. The van der Waals surface area contributed by atoms with Gasteiger partial charge in [-0.2, -0.15) is 13.2 Å². The van der Waals surface area contributed by atoms with E-state index in [1.807, 2.05) is 0 Å². The number of hydrogen-bond acceptors (Lipinski definition) is 1. The van der Waals surface area contributed by atoms with Crippen LogP contribution in [0.1, 0.15) is 20.3 Å². The zero-order chi connectivity index (χ0) is 9.28. The molecule has 0 aliphatic carbocycles. The maximum absolute atomic E-state index is 12.7. The van der Waals surface area contributed by atoms with Crippen molar-refractivity contribution in [1.29, 1.82) is 0 Å². The van der Waals surface area contributed by atoms with Crippen LogP contribution in [0.5, 0.6) is 0 Å².